The number of aromatic nitrogens is 1. The number of carbonyl (C=O) groups excluding carboxylic acids is 1. The SMILES string of the molecule is CCN(CCNCC(=O)c1cc(-c2ccc(-n3cccc3)cc2)cs1)CCOC. The van der Waals surface area contributed by atoms with Gasteiger partial charge in [0.05, 0.1) is 18.0 Å². The lowest BCUT2D eigenvalue weighted by Gasteiger charge is -2.19. The first-order chi connectivity index (χ1) is 14.2. The number of likely N-dealkylation sites (N-methyl/N-ethyl adjacent to an activating group) is 1. The van der Waals surface area contributed by atoms with E-state index in [0.29, 0.717) is 6.54 Å². The van der Waals surface area contributed by atoms with Crippen LogP contribution in [-0.4, -0.2) is 61.7 Å². The predicted molar refractivity (Wildman–Crippen MR) is 120 cm³/mol. The third-order valence-electron chi connectivity index (χ3n) is 4.93. The van der Waals surface area contributed by atoms with Crippen molar-refractivity contribution in [2.45, 2.75) is 6.92 Å². The summed E-state index contributed by atoms with van der Waals surface area (Å²) in [5.74, 6) is 0.144. The number of hydrogen-bond donors (Lipinski definition) is 1. The third-order valence-corrected chi connectivity index (χ3v) is 5.90. The van der Waals surface area contributed by atoms with Crippen molar-refractivity contribution in [2.75, 3.05) is 46.4 Å². The molecule has 0 saturated heterocycles. The molecule has 0 saturated carbocycles. The van der Waals surface area contributed by atoms with E-state index in [1.54, 1.807) is 7.11 Å². The zero-order valence-electron chi connectivity index (χ0n) is 17.1. The van der Waals surface area contributed by atoms with Crippen LogP contribution < -0.4 is 5.32 Å². The first-order valence-corrected chi connectivity index (χ1v) is 10.9. The summed E-state index contributed by atoms with van der Waals surface area (Å²) in [4.78, 5) is 15.6. The van der Waals surface area contributed by atoms with Gasteiger partial charge in [0.25, 0.3) is 0 Å². The fraction of sp³-hybridized carbons (Fsp3) is 0.348. The van der Waals surface area contributed by atoms with Gasteiger partial charge in [0.15, 0.2) is 5.78 Å². The number of nitrogens with one attached hydrogen (secondary N) is 1. The largest absolute Gasteiger partial charge is 0.383 e. The van der Waals surface area contributed by atoms with Crippen LogP contribution in [0, 0.1) is 0 Å². The van der Waals surface area contributed by atoms with Gasteiger partial charge in [-0.2, -0.15) is 0 Å². The van der Waals surface area contributed by atoms with Gasteiger partial charge in [-0.05, 0) is 53.4 Å². The van der Waals surface area contributed by atoms with Crippen molar-refractivity contribution < 1.29 is 9.53 Å². The third kappa shape index (κ3) is 6.11. The van der Waals surface area contributed by atoms with E-state index >= 15 is 0 Å². The lowest BCUT2D eigenvalue weighted by atomic mass is 10.1. The molecular weight excluding hydrogens is 382 g/mol. The summed E-state index contributed by atoms with van der Waals surface area (Å²) in [6, 6.07) is 14.4. The quantitative estimate of drug-likeness (QED) is 0.362. The van der Waals surface area contributed by atoms with E-state index in [0.717, 1.165) is 54.5 Å². The van der Waals surface area contributed by atoms with Gasteiger partial charge in [0, 0.05) is 44.8 Å². The van der Waals surface area contributed by atoms with Crippen LogP contribution in [0.1, 0.15) is 16.6 Å². The Morgan fingerprint density at radius 3 is 2.59 bits per heavy atom. The number of benzene rings is 1. The number of nitrogens with zero attached hydrogens (tertiary/aromatic N) is 2. The molecular formula is C23H29N3O2S. The molecule has 0 radical (unpaired) electrons. The summed E-state index contributed by atoms with van der Waals surface area (Å²) in [5, 5.41) is 5.33. The maximum absolute atomic E-state index is 12.5. The second-order valence-electron chi connectivity index (χ2n) is 6.86. The number of ketones is 1. The number of methoxy groups -OCH3 is 1. The highest BCUT2D eigenvalue weighted by molar-refractivity contribution is 7.12. The highest BCUT2D eigenvalue weighted by atomic mass is 32.1. The lowest BCUT2D eigenvalue weighted by Crippen LogP contribution is -2.35. The van der Waals surface area contributed by atoms with Crippen molar-refractivity contribution in [3.05, 3.63) is 65.1 Å². The molecule has 6 heteroatoms. The van der Waals surface area contributed by atoms with E-state index in [-0.39, 0.29) is 5.78 Å². The Morgan fingerprint density at radius 2 is 1.90 bits per heavy atom. The maximum atomic E-state index is 12.5. The minimum absolute atomic E-state index is 0.144. The average molecular weight is 412 g/mol. The maximum Gasteiger partial charge on any atom is 0.186 e. The Hall–Kier alpha value is -2.25. The van der Waals surface area contributed by atoms with E-state index < -0.39 is 0 Å². The fourth-order valence-corrected chi connectivity index (χ4v) is 4.00. The minimum atomic E-state index is 0.144. The monoisotopic (exact) mass is 411 g/mol. The second-order valence-corrected chi connectivity index (χ2v) is 7.78. The van der Waals surface area contributed by atoms with Gasteiger partial charge < -0.3 is 19.5 Å². The first-order valence-electron chi connectivity index (χ1n) is 9.98. The Labute approximate surface area is 176 Å². The van der Waals surface area contributed by atoms with Crippen molar-refractivity contribution in [3.8, 4) is 16.8 Å². The highest BCUT2D eigenvalue weighted by Gasteiger charge is 2.10. The molecule has 2 aromatic heterocycles. The molecule has 3 rings (SSSR count). The van der Waals surface area contributed by atoms with Crippen LogP contribution in [0.25, 0.3) is 16.8 Å². The Morgan fingerprint density at radius 1 is 1.14 bits per heavy atom. The number of rotatable bonds is 12. The van der Waals surface area contributed by atoms with Crippen molar-refractivity contribution >= 4 is 17.1 Å². The molecule has 0 fully saturated rings. The van der Waals surface area contributed by atoms with Crippen molar-refractivity contribution in [1.82, 2.24) is 14.8 Å². The topological polar surface area (TPSA) is 46.5 Å². The van der Waals surface area contributed by atoms with Crippen molar-refractivity contribution in [3.63, 3.8) is 0 Å². The number of ether oxygens (including phenoxy) is 1. The molecule has 1 N–H and O–H groups in total. The predicted octanol–water partition coefficient (Wildman–Crippen LogP) is 3.95. The zero-order valence-corrected chi connectivity index (χ0v) is 18.0. The Kier molecular flexibility index (Phi) is 8.19. The van der Waals surface area contributed by atoms with Gasteiger partial charge in [-0.25, -0.2) is 0 Å². The van der Waals surface area contributed by atoms with Crippen LogP contribution in [-0.2, 0) is 4.74 Å². The Bertz CT molecular complexity index is 872. The van der Waals surface area contributed by atoms with Gasteiger partial charge >= 0.3 is 0 Å². The number of carbonyl (C=O) groups is 1. The van der Waals surface area contributed by atoms with Crippen LogP contribution in [0.5, 0.6) is 0 Å². The molecule has 0 bridgehead atoms. The molecule has 3 aromatic rings. The van der Waals surface area contributed by atoms with E-state index in [1.807, 2.05) is 30.6 Å². The van der Waals surface area contributed by atoms with Crippen LogP contribution in [0.2, 0.25) is 0 Å². The fourth-order valence-electron chi connectivity index (χ4n) is 3.14. The standard InChI is InChI=1S/C23H29N3O2S/c1-3-25(14-15-28-2)13-10-24-17-22(27)23-16-20(18-29-23)19-6-8-21(9-7-19)26-11-4-5-12-26/h4-9,11-12,16,18,24H,3,10,13-15,17H2,1-2H3. The smallest absolute Gasteiger partial charge is 0.186 e. The van der Waals surface area contributed by atoms with Crippen LogP contribution in [0.15, 0.2) is 60.2 Å². The molecule has 0 atom stereocenters. The summed E-state index contributed by atoms with van der Waals surface area (Å²) < 4.78 is 7.20. The first kappa shape index (κ1) is 21.5. The molecule has 0 aliphatic carbocycles. The van der Waals surface area contributed by atoms with E-state index in [4.69, 9.17) is 4.74 Å². The molecule has 0 spiro atoms. The molecule has 5 nitrogen and oxygen atoms in total. The van der Waals surface area contributed by atoms with Crippen LogP contribution >= 0.6 is 11.3 Å². The Balaban J connectivity index is 1.49. The zero-order chi connectivity index (χ0) is 20.5. The second kappa shape index (κ2) is 11.1. The molecule has 1 aromatic carbocycles. The summed E-state index contributed by atoms with van der Waals surface area (Å²) in [7, 11) is 1.72. The van der Waals surface area contributed by atoms with E-state index in [9.17, 15) is 4.79 Å². The van der Waals surface area contributed by atoms with Gasteiger partial charge in [0.2, 0.25) is 0 Å². The molecule has 29 heavy (non-hydrogen) atoms. The summed E-state index contributed by atoms with van der Waals surface area (Å²) >= 11 is 1.51. The number of hydrogen-bond acceptors (Lipinski definition) is 5. The van der Waals surface area contributed by atoms with Gasteiger partial charge in [0.1, 0.15) is 0 Å². The molecule has 0 aliphatic heterocycles. The molecule has 0 aliphatic rings. The van der Waals surface area contributed by atoms with Crippen LogP contribution in [0.3, 0.4) is 0 Å². The van der Waals surface area contributed by atoms with Gasteiger partial charge in [-0.1, -0.05) is 19.1 Å². The molecule has 0 amide bonds. The normalized spacial score (nSPS) is 11.3. The van der Waals surface area contributed by atoms with Crippen molar-refractivity contribution in [2.24, 2.45) is 0 Å². The van der Waals surface area contributed by atoms with Crippen LogP contribution in [0.4, 0.5) is 0 Å². The van der Waals surface area contributed by atoms with Gasteiger partial charge in [-0.15, -0.1) is 11.3 Å². The summed E-state index contributed by atoms with van der Waals surface area (Å²) in [6.45, 7) is 6.85. The number of Topliss-reactive ketones (excluding diaryl/α,β-unsaturated/α-hetero) is 1. The van der Waals surface area contributed by atoms with Gasteiger partial charge in [-0.3, -0.25) is 4.79 Å². The molecule has 154 valence electrons. The lowest BCUT2D eigenvalue weighted by molar-refractivity contribution is 0.0992. The van der Waals surface area contributed by atoms with E-state index in [1.165, 1.54) is 11.3 Å². The summed E-state index contributed by atoms with van der Waals surface area (Å²) in [6.07, 6.45) is 4.06. The average Bonchev–Trinajstić information content (AvgIpc) is 3.45. The van der Waals surface area contributed by atoms with E-state index in [2.05, 4.69) is 51.4 Å². The van der Waals surface area contributed by atoms with Crippen molar-refractivity contribution in [1.29, 1.82) is 0 Å². The number of thiophene rings is 1. The molecule has 2 heterocycles. The minimum Gasteiger partial charge on any atom is -0.383 e. The molecule has 0 unspecified atom stereocenters. The highest BCUT2D eigenvalue weighted by Crippen LogP contribution is 2.26. The summed E-state index contributed by atoms with van der Waals surface area (Å²) in [5.41, 5.74) is 3.34.